The lowest BCUT2D eigenvalue weighted by molar-refractivity contribution is -0.184. The number of nitrogens with one attached hydrogen (secondary N) is 1. The van der Waals surface area contributed by atoms with E-state index in [0.717, 1.165) is 25.8 Å². The average molecular weight is 279 g/mol. The van der Waals surface area contributed by atoms with E-state index < -0.39 is 12.1 Å². The van der Waals surface area contributed by atoms with Crippen molar-refractivity contribution >= 4 is 0 Å². The summed E-state index contributed by atoms with van der Waals surface area (Å²) in [7, 11) is 0. The zero-order chi connectivity index (χ0) is 14.3. The molecule has 0 aromatic rings. The first-order valence-electron chi connectivity index (χ1n) is 7.79. The summed E-state index contributed by atoms with van der Waals surface area (Å²) in [5, 5.41) is 3.48. The Morgan fingerprint density at radius 1 is 1.05 bits per heavy atom. The van der Waals surface area contributed by atoms with Gasteiger partial charge < -0.3 is 5.32 Å². The van der Waals surface area contributed by atoms with Crippen LogP contribution >= 0.6 is 0 Å². The van der Waals surface area contributed by atoms with Gasteiger partial charge in [-0.2, -0.15) is 13.2 Å². The third kappa shape index (κ3) is 5.72. The van der Waals surface area contributed by atoms with Gasteiger partial charge in [-0.15, -0.1) is 0 Å². The molecule has 1 aliphatic carbocycles. The van der Waals surface area contributed by atoms with Crippen molar-refractivity contribution in [2.24, 2.45) is 11.8 Å². The molecule has 0 radical (unpaired) electrons. The van der Waals surface area contributed by atoms with Crippen molar-refractivity contribution in [3.63, 3.8) is 0 Å². The second kappa shape index (κ2) is 8.13. The molecule has 1 aliphatic rings. The second-order valence-electron chi connectivity index (χ2n) is 5.81. The molecular weight excluding hydrogens is 251 g/mol. The highest BCUT2D eigenvalue weighted by molar-refractivity contribution is 4.84. The molecule has 19 heavy (non-hydrogen) atoms. The zero-order valence-corrected chi connectivity index (χ0v) is 12.2. The van der Waals surface area contributed by atoms with E-state index >= 15 is 0 Å². The molecule has 1 unspecified atom stereocenters. The SMILES string of the molecule is CCCCCC(NCC)C1CCC(C(F)(F)F)CC1. The van der Waals surface area contributed by atoms with Crippen LogP contribution in [0.4, 0.5) is 13.2 Å². The van der Waals surface area contributed by atoms with Crippen LogP contribution in [0.15, 0.2) is 0 Å². The highest BCUT2D eigenvalue weighted by Crippen LogP contribution is 2.40. The van der Waals surface area contributed by atoms with E-state index in [1.165, 1.54) is 19.3 Å². The summed E-state index contributed by atoms with van der Waals surface area (Å²) in [5.41, 5.74) is 0. The number of rotatable bonds is 7. The van der Waals surface area contributed by atoms with E-state index in [1.54, 1.807) is 0 Å². The molecule has 1 rings (SSSR count). The lowest BCUT2D eigenvalue weighted by Crippen LogP contribution is -2.39. The topological polar surface area (TPSA) is 12.0 Å². The van der Waals surface area contributed by atoms with Gasteiger partial charge in [-0.05, 0) is 44.6 Å². The highest BCUT2D eigenvalue weighted by atomic mass is 19.4. The fraction of sp³-hybridized carbons (Fsp3) is 1.00. The van der Waals surface area contributed by atoms with Gasteiger partial charge in [-0.25, -0.2) is 0 Å². The highest BCUT2D eigenvalue weighted by Gasteiger charge is 2.42. The van der Waals surface area contributed by atoms with E-state index in [2.05, 4.69) is 19.2 Å². The Morgan fingerprint density at radius 3 is 2.16 bits per heavy atom. The van der Waals surface area contributed by atoms with Gasteiger partial charge >= 0.3 is 6.18 Å². The summed E-state index contributed by atoms with van der Waals surface area (Å²) in [4.78, 5) is 0. The molecule has 1 N–H and O–H groups in total. The van der Waals surface area contributed by atoms with Gasteiger partial charge in [0.1, 0.15) is 0 Å². The Bertz CT molecular complexity index is 232. The maximum Gasteiger partial charge on any atom is 0.391 e. The van der Waals surface area contributed by atoms with E-state index in [9.17, 15) is 13.2 Å². The maximum absolute atomic E-state index is 12.7. The molecule has 0 aromatic heterocycles. The molecule has 0 heterocycles. The van der Waals surface area contributed by atoms with E-state index in [-0.39, 0.29) is 0 Å². The van der Waals surface area contributed by atoms with Crippen LogP contribution in [0, 0.1) is 11.8 Å². The van der Waals surface area contributed by atoms with Crippen molar-refractivity contribution in [2.45, 2.75) is 77.4 Å². The van der Waals surface area contributed by atoms with Crippen molar-refractivity contribution in [1.29, 1.82) is 0 Å². The Morgan fingerprint density at radius 2 is 1.68 bits per heavy atom. The summed E-state index contributed by atoms with van der Waals surface area (Å²) >= 11 is 0. The fourth-order valence-corrected chi connectivity index (χ4v) is 3.23. The molecule has 1 saturated carbocycles. The van der Waals surface area contributed by atoms with Gasteiger partial charge in [-0.3, -0.25) is 0 Å². The predicted molar refractivity (Wildman–Crippen MR) is 73.1 cm³/mol. The monoisotopic (exact) mass is 279 g/mol. The van der Waals surface area contributed by atoms with Crippen LogP contribution < -0.4 is 5.32 Å². The first kappa shape index (κ1) is 16.8. The number of unbranched alkanes of at least 4 members (excludes halogenated alkanes) is 2. The van der Waals surface area contributed by atoms with Crippen LogP contribution in [0.2, 0.25) is 0 Å². The molecule has 1 nitrogen and oxygen atoms in total. The largest absolute Gasteiger partial charge is 0.391 e. The standard InChI is InChI=1S/C15H28F3N/c1-3-5-6-7-14(19-4-2)12-8-10-13(11-9-12)15(16,17)18/h12-14,19H,3-11H2,1-2H3. The summed E-state index contributed by atoms with van der Waals surface area (Å²) < 4.78 is 38.0. The smallest absolute Gasteiger partial charge is 0.314 e. The van der Waals surface area contributed by atoms with Crippen molar-refractivity contribution in [3.8, 4) is 0 Å². The van der Waals surface area contributed by atoms with Crippen LogP contribution in [0.3, 0.4) is 0 Å². The molecule has 4 heteroatoms. The molecule has 114 valence electrons. The number of alkyl halides is 3. The zero-order valence-electron chi connectivity index (χ0n) is 12.2. The van der Waals surface area contributed by atoms with Crippen molar-refractivity contribution in [3.05, 3.63) is 0 Å². The van der Waals surface area contributed by atoms with E-state index in [1.807, 2.05) is 0 Å². The first-order chi connectivity index (χ1) is 8.99. The molecule has 0 aliphatic heterocycles. The number of hydrogen-bond donors (Lipinski definition) is 1. The summed E-state index contributed by atoms with van der Waals surface area (Å²) in [6.07, 6.45) is 2.84. The molecule has 1 fully saturated rings. The van der Waals surface area contributed by atoms with Gasteiger partial charge in [0.15, 0.2) is 0 Å². The minimum absolute atomic E-state index is 0.323. The summed E-state index contributed by atoms with van der Waals surface area (Å²) in [6.45, 7) is 5.17. The minimum Gasteiger partial charge on any atom is -0.314 e. The fourth-order valence-electron chi connectivity index (χ4n) is 3.23. The second-order valence-corrected chi connectivity index (χ2v) is 5.81. The Balaban J connectivity index is 2.40. The van der Waals surface area contributed by atoms with Crippen molar-refractivity contribution in [2.75, 3.05) is 6.54 Å². The van der Waals surface area contributed by atoms with Crippen molar-refractivity contribution < 1.29 is 13.2 Å². The summed E-state index contributed by atoms with van der Waals surface area (Å²) in [6, 6.07) is 0.422. The van der Waals surface area contributed by atoms with Gasteiger partial charge in [0.2, 0.25) is 0 Å². The Labute approximate surface area is 115 Å². The summed E-state index contributed by atoms with van der Waals surface area (Å²) in [5.74, 6) is -0.614. The molecule has 0 amide bonds. The van der Waals surface area contributed by atoms with Gasteiger partial charge in [0.05, 0.1) is 5.92 Å². The maximum atomic E-state index is 12.7. The lowest BCUT2D eigenvalue weighted by atomic mass is 9.77. The number of hydrogen-bond acceptors (Lipinski definition) is 1. The average Bonchev–Trinajstić information content (AvgIpc) is 2.37. The van der Waals surface area contributed by atoms with E-state index in [4.69, 9.17) is 0 Å². The molecule has 0 aromatic carbocycles. The lowest BCUT2D eigenvalue weighted by Gasteiger charge is -2.35. The van der Waals surface area contributed by atoms with Gasteiger partial charge in [0, 0.05) is 6.04 Å². The predicted octanol–water partition coefficient (Wildman–Crippen LogP) is 4.91. The third-order valence-corrected chi connectivity index (χ3v) is 4.39. The molecule has 0 spiro atoms. The van der Waals surface area contributed by atoms with Crippen LogP contribution in [0.1, 0.15) is 65.2 Å². The molecule has 0 saturated heterocycles. The Hall–Kier alpha value is -0.250. The van der Waals surface area contributed by atoms with Gasteiger partial charge in [0.25, 0.3) is 0 Å². The van der Waals surface area contributed by atoms with Gasteiger partial charge in [-0.1, -0.05) is 33.1 Å². The third-order valence-electron chi connectivity index (χ3n) is 4.39. The molecule has 1 atom stereocenters. The van der Waals surface area contributed by atoms with Crippen molar-refractivity contribution in [1.82, 2.24) is 5.32 Å². The quantitative estimate of drug-likeness (QED) is 0.653. The normalized spacial score (nSPS) is 26.4. The van der Waals surface area contributed by atoms with Crippen LogP contribution in [-0.2, 0) is 0 Å². The van der Waals surface area contributed by atoms with Crippen LogP contribution in [0.25, 0.3) is 0 Å². The Kier molecular flexibility index (Phi) is 7.19. The molecule has 0 bridgehead atoms. The van der Waals surface area contributed by atoms with Crippen LogP contribution in [-0.4, -0.2) is 18.8 Å². The number of halogens is 3. The minimum atomic E-state index is -3.99. The molecular formula is C15H28F3N. The first-order valence-corrected chi connectivity index (χ1v) is 7.79. The van der Waals surface area contributed by atoms with Crippen LogP contribution in [0.5, 0.6) is 0 Å². The van der Waals surface area contributed by atoms with E-state index in [0.29, 0.717) is 24.8 Å².